The third-order valence-corrected chi connectivity index (χ3v) is 3.43. The van der Waals surface area contributed by atoms with Gasteiger partial charge in [-0.05, 0) is 30.2 Å². The summed E-state index contributed by atoms with van der Waals surface area (Å²) in [5.74, 6) is 0. The molecule has 0 aliphatic heterocycles. The van der Waals surface area contributed by atoms with E-state index in [9.17, 15) is 4.79 Å². The lowest BCUT2D eigenvalue weighted by Crippen LogP contribution is -2.19. The normalized spacial score (nSPS) is 10.8. The Kier molecular flexibility index (Phi) is 2.99. The van der Waals surface area contributed by atoms with Crippen LogP contribution in [0.1, 0.15) is 5.56 Å². The highest BCUT2D eigenvalue weighted by atomic mass is 16.1. The van der Waals surface area contributed by atoms with Gasteiger partial charge in [0.15, 0.2) is 0 Å². The number of pyridine rings is 1. The summed E-state index contributed by atoms with van der Waals surface area (Å²) in [6.07, 6.45) is 6.04. The van der Waals surface area contributed by atoms with Crippen LogP contribution in [-0.4, -0.2) is 14.3 Å². The molecule has 4 heteroatoms. The third kappa shape index (κ3) is 1.86. The molecule has 0 unspecified atom stereocenters. The van der Waals surface area contributed by atoms with Gasteiger partial charge in [-0.1, -0.05) is 18.2 Å². The molecule has 100 valence electrons. The first-order chi connectivity index (χ1) is 9.72. The molecule has 1 aromatic carbocycles. The van der Waals surface area contributed by atoms with E-state index in [2.05, 4.69) is 11.6 Å². The van der Waals surface area contributed by atoms with Gasteiger partial charge in [-0.15, -0.1) is 6.58 Å². The molecule has 0 saturated carbocycles. The van der Waals surface area contributed by atoms with Crippen molar-refractivity contribution >= 4 is 10.9 Å². The summed E-state index contributed by atoms with van der Waals surface area (Å²) >= 11 is 0. The quantitative estimate of drug-likeness (QED) is 0.682. The van der Waals surface area contributed by atoms with Gasteiger partial charge in [0, 0.05) is 13.2 Å². The van der Waals surface area contributed by atoms with Gasteiger partial charge in [-0.25, -0.2) is 4.68 Å². The van der Waals surface area contributed by atoms with Gasteiger partial charge in [-0.3, -0.25) is 14.5 Å². The number of hydrogen-bond donors (Lipinski definition) is 0. The van der Waals surface area contributed by atoms with Gasteiger partial charge in [0.25, 0.3) is 5.56 Å². The number of allylic oxidation sites excluding steroid dienone is 1. The Morgan fingerprint density at radius 3 is 2.65 bits per heavy atom. The topological polar surface area (TPSA) is 39.8 Å². The van der Waals surface area contributed by atoms with Gasteiger partial charge in [0.2, 0.25) is 0 Å². The fourth-order valence-electron chi connectivity index (χ4n) is 2.41. The zero-order valence-electron chi connectivity index (χ0n) is 11.3. The van der Waals surface area contributed by atoms with Gasteiger partial charge in [0.1, 0.15) is 0 Å². The molecule has 0 aliphatic rings. The predicted molar refractivity (Wildman–Crippen MR) is 80.2 cm³/mol. The molecular weight excluding hydrogens is 250 g/mol. The van der Waals surface area contributed by atoms with E-state index >= 15 is 0 Å². The van der Waals surface area contributed by atoms with Crippen LogP contribution in [-0.2, 0) is 13.5 Å². The minimum absolute atomic E-state index is 0.0265. The van der Waals surface area contributed by atoms with Crippen LogP contribution >= 0.6 is 0 Å². The summed E-state index contributed by atoms with van der Waals surface area (Å²) < 4.78 is 3.48. The molecule has 0 saturated heterocycles. The summed E-state index contributed by atoms with van der Waals surface area (Å²) in [5.41, 5.74) is 2.83. The molecule has 0 aliphatic carbocycles. The standard InChI is InChI=1S/C16H15N3O/c1-3-4-12-5-7-13(8-6-12)19-16(20)14-9-10-17-11-15(14)18(19)2/h3,5-11H,1,4H2,2H3. The molecule has 2 aromatic heterocycles. The first-order valence-electron chi connectivity index (χ1n) is 6.44. The van der Waals surface area contributed by atoms with Crippen molar-refractivity contribution < 1.29 is 0 Å². The minimum Gasteiger partial charge on any atom is -0.279 e. The molecule has 20 heavy (non-hydrogen) atoms. The second-order valence-electron chi connectivity index (χ2n) is 4.69. The number of hydrogen-bond acceptors (Lipinski definition) is 2. The Balaban J connectivity index is 2.19. The van der Waals surface area contributed by atoms with Gasteiger partial charge in [0.05, 0.1) is 22.8 Å². The van der Waals surface area contributed by atoms with Crippen LogP contribution in [0.5, 0.6) is 0 Å². The van der Waals surface area contributed by atoms with Crippen molar-refractivity contribution in [2.75, 3.05) is 0 Å². The number of nitrogens with zero attached hydrogens (tertiary/aromatic N) is 3. The van der Waals surface area contributed by atoms with Crippen LogP contribution in [0.3, 0.4) is 0 Å². The van der Waals surface area contributed by atoms with Crippen molar-refractivity contribution in [2.45, 2.75) is 6.42 Å². The Labute approximate surface area is 116 Å². The summed E-state index contributed by atoms with van der Waals surface area (Å²) in [7, 11) is 1.86. The van der Waals surface area contributed by atoms with E-state index in [4.69, 9.17) is 0 Å². The van der Waals surface area contributed by atoms with Gasteiger partial charge in [-0.2, -0.15) is 0 Å². The number of aryl methyl sites for hydroxylation is 1. The van der Waals surface area contributed by atoms with Crippen molar-refractivity contribution in [1.82, 2.24) is 14.3 Å². The first-order valence-corrected chi connectivity index (χ1v) is 6.44. The van der Waals surface area contributed by atoms with Crippen LogP contribution in [0.25, 0.3) is 16.6 Å². The highest BCUT2D eigenvalue weighted by Gasteiger charge is 2.11. The first kappa shape index (κ1) is 12.4. The maximum absolute atomic E-state index is 12.5. The zero-order chi connectivity index (χ0) is 14.1. The van der Waals surface area contributed by atoms with Crippen LogP contribution in [0, 0.1) is 0 Å². The third-order valence-electron chi connectivity index (χ3n) is 3.43. The molecule has 0 spiro atoms. The fraction of sp³-hybridized carbons (Fsp3) is 0.125. The van der Waals surface area contributed by atoms with Crippen molar-refractivity contribution in [1.29, 1.82) is 0 Å². The SMILES string of the molecule is C=CCc1ccc(-n2c(=O)c3ccncc3n2C)cc1. The van der Waals surface area contributed by atoms with E-state index in [-0.39, 0.29) is 5.56 Å². The van der Waals surface area contributed by atoms with Crippen LogP contribution < -0.4 is 5.56 Å². The molecule has 4 nitrogen and oxygen atoms in total. The molecule has 3 aromatic rings. The van der Waals surface area contributed by atoms with E-state index in [0.717, 1.165) is 17.6 Å². The molecule has 0 radical (unpaired) electrons. The highest BCUT2D eigenvalue weighted by Crippen LogP contribution is 2.14. The van der Waals surface area contributed by atoms with E-state index in [0.29, 0.717) is 5.39 Å². The highest BCUT2D eigenvalue weighted by molar-refractivity contribution is 5.77. The molecule has 0 atom stereocenters. The largest absolute Gasteiger partial charge is 0.279 e. The number of aromatic nitrogens is 3. The smallest absolute Gasteiger partial charge is 0.279 e. The second-order valence-corrected chi connectivity index (χ2v) is 4.69. The summed E-state index contributed by atoms with van der Waals surface area (Å²) in [6, 6.07) is 9.68. The summed E-state index contributed by atoms with van der Waals surface area (Å²) in [5, 5.41) is 0.678. The molecule has 0 fully saturated rings. The lowest BCUT2D eigenvalue weighted by Gasteiger charge is -2.08. The maximum Gasteiger partial charge on any atom is 0.279 e. The average molecular weight is 265 g/mol. The monoisotopic (exact) mass is 265 g/mol. The van der Waals surface area contributed by atoms with Crippen LogP contribution in [0.15, 0.2) is 60.2 Å². The van der Waals surface area contributed by atoms with Crippen LogP contribution in [0.4, 0.5) is 0 Å². The fourth-order valence-corrected chi connectivity index (χ4v) is 2.41. The van der Waals surface area contributed by atoms with Crippen molar-refractivity contribution in [3.8, 4) is 5.69 Å². The molecule has 2 heterocycles. The van der Waals surface area contributed by atoms with E-state index in [1.54, 1.807) is 23.1 Å². The second kappa shape index (κ2) is 4.81. The minimum atomic E-state index is -0.0265. The van der Waals surface area contributed by atoms with Crippen LogP contribution in [0.2, 0.25) is 0 Å². The van der Waals surface area contributed by atoms with E-state index < -0.39 is 0 Å². The average Bonchev–Trinajstić information content (AvgIpc) is 2.73. The predicted octanol–water partition coefficient (Wildman–Crippen LogP) is 2.45. The zero-order valence-corrected chi connectivity index (χ0v) is 11.3. The van der Waals surface area contributed by atoms with Crippen molar-refractivity contribution in [3.05, 3.63) is 71.3 Å². The summed E-state index contributed by atoms with van der Waals surface area (Å²) in [4.78, 5) is 16.5. The van der Waals surface area contributed by atoms with Gasteiger partial charge >= 0.3 is 0 Å². The van der Waals surface area contributed by atoms with E-state index in [1.165, 1.54) is 5.56 Å². The molecule has 0 bridgehead atoms. The Bertz CT molecular complexity index is 825. The molecule has 3 rings (SSSR count). The maximum atomic E-state index is 12.5. The van der Waals surface area contributed by atoms with Crippen molar-refractivity contribution in [3.63, 3.8) is 0 Å². The molecule has 0 amide bonds. The number of benzene rings is 1. The van der Waals surface area contributed by atoms with Gasteiger partial charge < -0.3 is 0 Å². The van der Waals surface area contributed by atoms with E-state index in [1.807, 2.05) is 42.1 Å². The lowest BCUT2D eigenvalue weighted by atomic mass is 10.1. The number of rotatable bonds is 3. The molecular formula is C16H15N3O. The van der Waals surface area contributed by atoms with Crippen molar-refractivity contribution in [2.24, 2.45) is 7.05 Å². The lowest BCUT2D eigenvalue weighted by molar-refractivity contribution is 0.665. The Morgan fingerprint density at radius 2 is 2.00 bits per heavy atom. The molecule has 0 N–H and O–H groups in total. The summed E-state index contributed by atoms with van der Waals surface area (Å²) in [6.45, 7) is 3.73. The Hall–Kier alpha value is -2.62. The number of fused-ring (bicyclic) bond motifs is 1. The Morgan fingerprint density at radius 1 is 1.25 bits per heavy atom.